The number of hydrogen-bond acceptors (Lipinski definition) is 4. The van der Waals surface area contributed by atoms with Crippen LogP contribution in [0.4, 0.5) is 5.69 Å². The summed E-state index contributed by atoms with van der Waals surface area (Å²) >= 11 is 2.04. The summed E-state index contributed by atoms with van der Waals surface area (Å²) in [6.07, 6.45) is -0.146. The summed E-state index contributed by atoms with van der Waals surface area (Å²) in [5.74, 6) is -0.790. The van der Waals surface area contributed by atoms with Gasteiger partial charge in [-0.1, -0.05) is 12.1 Å². The molecule has 1 aromatic rings. The van der Waals surface area contributed by atoms with Crippen molar-refractivity contribution in [2.45, 2.75) is 13.3 Å². The largest absolute Gasteiger partial charge is 0.466 e. The number of anilines is 1. The quantitative estimate of drug-likeness (QED) is 0.603. The van der Waals surface area contributed by atoms with Crippen LogP contribution < -0.4 is 4.72 Å². The van der Waals surface area contributed by atoms with Gasteiger partial charge in [0.15, 0.2) is 0 Å². The molecule has 1 N–H and O–H groups in total. The molecule has 0 radical (unpaired) electrons. The summed E-state index contributed by atoms with van der Waals surface area (Å²) in [4.78, 5) is 11.1. The maximum absolute atomic E-state index is 11.7. The highest BCUT2D eigenvalue weighted by atomic mass is 127. The molecule has 0 aliphatic heterocycles. The summed E-state index contributed by atoms with van der Waals surface area (Å²) in [6.45, 7) is 1.93. The van der Waals surface area contributed by atoms with E-state index in [-0.39, 0.29) is 18.8 Å². The molecule has 1 rings (SSSR count). The third-order valence-corrected chi connectivity index (χ3v) is 4.23. The molecule has 0 spiro atoms. The molecule has 100 valence electrons. The van der Waals surface area contributed by atoms with Crippen LogP contribution in [0.1, 0.15) is 13.3 Å². The van der Waals surface area contributed by atoms with Gasteiger partial charge in [0.25, 0.3) is 0 Å². The molecule has 0 atom stereocenters. The van der Waals surface area contributed by atoms with Crippen molar-refractivity contribution in [1.29, 1.82) is 0 Å². The first-order valence-corrected chi connectivity index (χ1v) is 8.08. The van der Waals surface area contributed by atoms with Crippen molar-refractivity contribution in [3.63, 3.8) is 0 Å². The van der Waals surface area contributed by atoms with Gasteiger partial charge < -0.3 is 4.74 Å². The van der Waals surface area contributed by atoms with Crippen molar-refractivity contribution in [2.24, 2.45) is 0 Å². The lowest BCUT2D eigenvalue weighted by Gasteiger charge is -2.09. The van der Waals surface area contributed by atoms with Crippen molar-refractivity contribution >= 4 is 44.3 Å². The van der Waals surface area contributed by atoms with E-state index >= 15 is 0 Å². The highest BCUT2D eigenvalue weighted by molar-refractivity contribution is 14.1. The predicted molar refractivity (Wildman–Crippen MR) is 77.8 cm³/mol. The fourth-order valence-corrected chi connectivity index (χ4v) is 2.97. The molecular formula is C11H14INO4S. The average Bonchev–Trinajstić information content (AvgIpc) is 2.30. The molecule has 1 aromatic carbocycles. The van der Waals surface area contributed by atoms with Crippen molar-refractivity contribution in [3.8, 4) is 0 Å². The molecule has 0 aliphatic rings. The molecule has 0 heterocycles. The van der Waals surface area contributed by atoms with Gasteiger partial charge in [-0.15, -0.1) is 0 Å². The summed E-state index contributed by atoms with van der Waals surface area (Å²) in [7, 11) is -3.53. The molecule has 7 heteroatoms. The van der Waals surface area contributed by atoms with Crippen molar-refractivity contribution in [3.05, 3.63) is 27.8 Å². The number of hydrogen-bond donors (Lipinski definition) is 1. The molecule has 0 aromatic heterocycles. The number of halogens is 1. The molecule has 18 heavy (non-hydrogen) atoms. The highest BCUT2D eigenvalue weighted by Gasteiger charge is 2.15. The molecule has 0 aliphatic carbocycles. The van der Waals surface area contributed by atoms with E-state index in [4.69, 9.17) is 0 Å². The fraction of sp³-hybridized carbons (Fsp3) is 0.364. The lowest BCUT2D eigenvalue weighted by Crippen LogP contribution is -2.20. The lowest BCUT2D eigenvalue weighted by atomic mass is 10.3. The summed E-state index contributed by atoms with van der Waals surface area (Å²) in [5, 5.41) is 0. The average molecular weight is 383 g/mol. The van der Waals surface area contributed by atoms with E-state index in [9.17, 15) is 13.2 Å². The number of esters is 1. The minimum Gasteiger partial charge on any atom is -0.466 e. The second-order valence-electron chi connectivity index (χ2n) is 3.46. The van der Waals surface area contributed by atoms with Crippen molar-refractivity contribution < 1.29 is 17.9 Å². The van der Waals surface area contributed by atoms with Crippen LogP contribution in [0.2, 0.25) is 0 Å². The van der Waals surface area contributed by atoms with Gasteiger partial charge in [-0.05, 0) is 41.6 Å². The second kappa shape index (κ2) is 6.93. The van der Waals surface area contributed by atoms with Crippen LogP contribution in [0.3, 0.4) is 0 Å². The molecule has 0 saturated heterocycles. The van der Waals surface area contributed by atoms with Crippen LogP contribution in [-0.2, 0) is 19.6 Å². The lowest BCUT2D eigenvalue weighted by molar-refractivity contribution is -0.142. The van der Waals surface area contributed by atoms with E-state index in [1.807, 2.05) is 28.7 Å². The van der Waals surface area contributed by atoms with Crippen LogP contribution in [0.5, 0.6) is 0 Å². The van der Waals surface area contributed by atoms with Gasteiger partial charge in [0.05, 0.1) is 24.5 Å². The maximum atomic E-state index is 11.7. The Bertz CT molecular complexity index is 516. The Morgan fingerprint density at radius 2 is 2.06 bits per heavy atom. The number of carbonyl (C=O) groups is 1. The van der Waals surface area contributed by atoms with Crippen LogP contribution in [0.25, 0.3) is 0 Å². The molecule has 0 saturated carbocycles. The monoisotopic (exact) mass is 383 g/mol. The van der Waals surface area contributed by atoms with Gasteiger partial charge in [0, 0.05) is 3.57 Å². The number of benzene rings is 1. The number of para-hydroxylation sites is 1. The van der Waals surface area contributed by atoms with E-state index in [0.717, 1.165) is 3.57 Å². The van der Waals surface area contributed by atoms with Crippen molar-refractivity contribution in [2.75, 3.05) is 17.1 Å². The summed E-state index contributed by atoms with van der Waals surface area (Å²) in [5.41, 5.74) is 0.516. The SMILES string of the molecule is CCOC(=O)CCS(=O)(=O)Nc1ccccc1I. The topological polar surface area (TPSA) is 72.5 Å². The number of ether oxygens (including phenoxy) is 1. The second-order valence-corrected chi connectivity index (χ2v) is 6.46. The van der Waals surface area contributed by atoms with E-state index < -0.39 is 16.0 Å². The van der Waals surface area contributed by atoms with Gasteiger partial charge in [-0.25, -0.2) is 8.42 Å². The summed E-state index contributed by atoms with van der Waals surface area (Å²) < 4.78 is 31.4. The first-order chi connectivity index (χ1) is 8.44. The smallest absolute Gasteiger partial charge is 0.306 e. The summed E-state index contributed by atoms with van der Waals surface area (Å²) in [6, 6.07) is 7.02. The van der Waals surface area contributed by atoms with Gasteiger partial charge in [-0.2, -0.15) is 0 Å². The minimum atomic E-state index is -3.53. The molecule has 0 unspecified atom stereocenters. The molecule has 5 nitrogen and oxygen atoms in total. The number of sulfonamides is 1. The maximum Gasteiger partial charge on any atom is 0.306 e. The third-order valence-electron chi connectivity index (χ3n) is 2.02. The Balaban J connectivity index is 2.60. The Hall–Kier alpha value is -0.830. The normalized spacial score (nSPS) is 11.0. The molecule has 0 amide bonds. The zero-order chi connectivity index (χ0) is 13.6. The zero-order valence-corrected chi connectivity index (χ0v) is 12.8. The van der Waals surface area contributed by atoms with Gasteiger partial charge in [-0.3, -0.25) is 9.52 Å². The molecule has 0 bridgehead atoms. The van der Waals surface area contributed by atoms with E-state index in [2.05, 4.69) is 9.46 Å². The first kappa shape index (κ1) is 15.2. The predicted octanol–water partition coefficient (Wildman–Crippen LogP) is 1.99. The Morgan fingerprint density at radius 3 is 2.67 bits per heavy atom. The fourth-order valence-electron chi connectivity index (χ4n) is 1.21. The third kappa shape index (κ3) is 5.21. The van der Waals surface area contributed by atoms with Crippen LogP contribution in [-0.4, -0.2) is 26.7 Å². The van der Waals surface area contributed by atoms with Crippen LogP contribution >= 0.6 is 22.6 Å². The Morgan fingerprint density at radius 1 is 1.39 bits per heavy atom. The van der Waals surface area contributed by atoms with Gasteiger partial charge in [0.2, 0.25) is 10.0 Å². The van der Waals surface area contributed by atoms with E-state index in [1.165, 1.54) is 0 Å². The zero-order valence-electron chi connectivity index (χ0n) is 9.85. The highest BCUT2D eigenvalue weighted by Crippen LogP contribution is 2.18. The van der Waals surface area contributed by atoms with E-state index in [0.29, 0.717) is 5.69 Å². The van der Waals surface area contributed by atoms with Crippen LogP contribution in [0, 0.1) is 3.57 Å². The Kier molecular flexibility index (Phi) is 5.86. The van der Waals surface area contributed by atoms with Crippen molar-refractivity contribution in [1.82, 2.24) is 0 Å². The van der Waals surface area contributed by atoms with Gasteiger partial charge >= 0.3 is 5.97 Å². The number of carbonyl (C=O) groups excluding carboxylic acids is 1. The van der Waals surface area contributed by atoms with Gasteiger partial charge in [0.1, 0.15) is 0 Å². The first-order valence-electron chi connectivity index (χ1n) is 5.35. The molecular weight excluding hydrogens is 369 g/mol. The number of nitrogens with one attached hydrogen (secondary N) is 1. The Labute approximate surface area is 120 Å². The standard InChI is InChI=1S/C11H14INO4S/c1-2-17-11(14)7-8-18(15,16)13-10-6-4-3-5-9(10)12/h3-6,13H,2,7-8H2,1H3. The minimum absolute atomic E-state index is 0.146. The van der Waals surface area contributed by atoms with Crippen LogP contribution in [0.15, 0.2) is 24.3 Å². The van der Waals surface area contributed by atoms with E-state index in [1.54, 1.807) is 25.1 Å². The molecule has 0 fully saturated rings. The number of rotatable bonds is 6.